The summed E-state index contributed by atoms with van der Waals surface area (Å²) < 4.78 is 4.99. The van der Waals surface area contributed by atoms with Crippen molar-refractivity contribution in [3.8, 4) is 0 Å². The van der Waals surface area contributed by atoms with Gasteiger partial charge in [0.25, 0.3) is 0 Å². The molecule has 0 spiro atoms. The molecule has 0 saturated heterocycles. The molecule has 0 aromatic carbocycles. The van der Waals surface area contributed by atoms with Gasteiger partial charge in [0.05, 0.1) is 17.3 Å². The van der Waals surface area contributed by atoms with E-state index in [1.165, 1.54) is 15.6 Å². The Balaban J connectivity index is 2.43. The number of hydrogen-bond acceptors (Lipinski definition) is 4. The molecule has 1 aromatic heterocycles. The van der Waals surface area contributed by atoms with Crippen LogP contribution in [-0.2, 0) is 17.7 Å². The molecular weight excluding hydrogens is 220 g/mol. The van der Waals surface area contributed by atoms with Crippen molar-refractivity contribution in [2.75, 3.05) is 20.3 Å². The lowest BCUT2D eigenvalue weighted by Gasteiger charge is -2.01. The van der Waals surface area contributed by atoms with E-state index < -0.39 is 0 Å². The van der Waals surface area contributed by atoms with Crippen LogP contribution in [0.5, 0.6) is 0 Å². The van der Waals surface area contributed by atoms with Crippen LogP contribution < -0.4 is 5.32 Å². The Kier molecular flexibility index (Phi) is 5.95. The average Bonchev–Trinajstić information content (AvgIpc) is 2.53. The van der Waals surface area contributed by atoms with Crippen molar-refractivity contribution in [3.05, 3.63) is 15.6 Å². The van der Waals surface area contributed by atoms with Crippen LogP contribution in [0.1, 0.15) is 29.4 Å². The highest BCUT2D eigenvalue weighted by Gasteiger charge is 2.08. The monoisotopic (exact) mass is 242 g/mol. The predicted molar refractivity (Wildman–Crippen MR) is 69.0 cm³/mol. The number of rotatable bonds is 7. The zero-order chi connectivity index (χ0) is 12.0. The van der Waals surface area contributed by atoms with Gasteiger partial charge in [0.1, 0.15) is 0 Å². The van der Waals surface area contributed by atoms with Gasteiger partial charge in [0, 0.05) is 31.5 Å². The van der Waals surface area contributed by atoms with Crippen molar-refractivity contribution in [1.82, 2.24) is 10.3 Å². The number of thiazole rings is 1. The molecular formula is C12H22N2OS. The van der Waals surface area contributed by atoms with Gasteiger partial charge in [-0.25, -0.2) is 4.98 Å². The van der Waals surface area contributed by atoms with E-state index in [1.54, 1.807) is 7.11 Å². The maximum atomic E-state index is 4.99. The van der Waals surface area contributed by atoms with Crippen LogP contribution >= 0.6 is 11.3 Å². The molecule has 0 saturated carbocycles. The van der Waals surface area contributed by atoms with E-state index in [1.807, 2.05) is 11.3 Å². The molecule has 16 heavy (non-hydrogen) atoms. The Bertz CT molecular complexity index is 310. The van der Waals surface area contributed by atoms with Crippen LogP contribution in [0.4, 0.5) is 0 Å². The third-order valence-corrected chi connectivity index (χ3v) is 3.47. The van der Waals surface area contributed by atoms with E-state index in [2.05, 4.69) is 31.1 Å². The van der Waals surface area contributed by atoms with Crippen LogP contribution in [0.3, 0.4) is 0 Å². The fourth-order valence-electron chi connectivity index (χ4n) is 1.46. The van der Waals surface area contributed by atoms with Gasteiger partial charge in [0.2, 0.25) is 0 Å². The Morgan fingerprint density at radius 3 is 2.81 bits per heavy atom. The van der Waals surface area contributed by atoms with Gasteiger partial charge in [-0.1, -0.05) is 13.8 Å². The average molecular weight is 242 g/mol. The quantitative estimate of drug-likeness (QED) is 0.745. The van der Waals surface area contributed by atoms with E-state index >= 15 is 0 Å². The van der Waals surface area contributed by atoms with Crippen molar-refractivity contribution in [1.29, 1.82) is 0 Å². The highest BCUT2D eigenvalue weighted by Crippen LogP contribution is 2.20. The second-order valence-corrected chi connectivity index (χ2v) is 5.55. The molecule has 0 aliphatic rings. The Hall–Kier alpha value is -0.450. The van der Waals surface area contributed by atoms with Crippen molar-refractivity contribution in [2.24, 2.45) is 5.92 Å². The minimum atomic E-state index is 0.680. The molecule has 1 N–H and O–H groups in total. The first-order chi connectivity index (χ1) is 7.63. The van der Waals surface area contributed by atoms with E-state index in [0.29, 0.717) is 5.92 Å². The number of ether oxygens (including phenoxy) is 1. The fraction of sp³-hybridized carbons (Fsp3) is 0.750. The second kappa shape index (κ2) is 6.99. The molecule has 0 bridgehead atoms. The molecule has 3 nitrogen and oxygen atoms in total. The van der Waals surface area contributed by atoms with E-state index in [-0.39, 0.29) is 0 Å². The van der Waals surface area contributed by atoms with Gasteiger partial charge in [-0.05, 0) is 12.8 Å². The first-order valence-electron chi connectivity index (χ1n) is 5.78. The van der Waals surface area contributed by atoms with Gasteiger partial charge < -0.3 is 10.1 Å². The number of hydrogen-bond donors (Lipinski definition) is 1. The van der Waals surface area contributed by atoms with Crippen molar-refractivity contribution >= 4 is 11.3 Å². The fourth-order valence-corrected chi connectivity index (χ4v) is 2.72. The van der Waals surface area contributed by atoms with Gasteiger partial charge in [-0.15, -0.1) is 11.3 Å². The van der Waals surface area contributed by atoms with E-state index in [9.17, 15) is 0 Å². The summed E-state index contributed by atoms with van der Waals surface area (Å²) in [5.41, 5.74) is 1.17. The van der Waals surface area contributed by atoms with Crippen LogP contribution in [0.25, 0.3) is 0 Å². The minimum absolute atomic E-state index is 0.680. The molecule has 0 radical (unpaired) electrons. The molecule has 4 heteroatoms. The normalized spacial score (nSPS) is 11.3. The maximum Gasteiger partial charge on any atom is 0.0934 e. The highest BCUT2D eigenvalue weighted by atomic mass is 32.1. The molecule has 0 atom stereocenters. The van der Waals surface area contributed by atoms with Crippen molar-refractivity contribution < 1.29 is 4.74 Å². The van der Waals surface area contributed by atoms with Gasteiger partial charge in [-0.3, -0.25) is 0 Å². The standard InChI is InChI=1S/C12H22N2OS/c1-9(2)7-12-14-10(3)11(16-12)8-13-5-6-15-4/h9,13H,5-8H2,1-4H3. The number of nitrogens with one attached hydrogen (secondary N) is 1. The minimum Gasteiger partial charge on any atom is -0.383 e. The largest absolute Gasteiger partial charge is 0.383 e. The number of methoxy groups -OCH3 is 1. The summed E-state index contributed by atoms with van der Waals surface area (Å²) in [4.78, 5) is 5.95. The molecule has 1 aromatic rings. The van der Waals surface area contributed by atoms with Gasteiger partial charge >= 0.3 is 0 Å². The lowest BCUT2D eigenvalue weighted by Crippen LogP contribution is -2.18. The summed E-state index contributed by atoms with van der Waals surface area (Å²) in [5.74, 6) is 0.680. The lowest BCUT2D eigenvalue weighted by atomic mass is 10.1. The molecule has 92 valence electrons. The summed E-state index contributed by atoms with van der Waals surface area (Å²) in [6.07, 6.45) is 1.09. The summed E-state index contributed by atoms with van der Waals surface area (Å²) >= 11 is 1.83. The molecule has 0 fully saturated rings. The maximum absolute atomic E-state index is 4.99. The summed E-state index contributed by atoms with van der Waals surface area (Å²) in [7, 11) is 1.72. The smallest absolute Gasteiger partial charge is 0.0934 e. The summed E-state index contributed by atoms with van der Waals surface area (Å²) in [5, 5.41) is 4.62. The zero-order valence-electron chi connectivity index (χ0n) is 10.7. The molecule has 1 rings (SSSR count). The van der Waals surface area contributed by atoms with Crippen LogP contribution in [0.2, 0.25) is 0 Å². The third kappa shape index (κ3) is 4.60. The molecule has 1 heterocycles. The van der Waals surface area contributed by atoms with Gasteiger partial charge in [-0.2, -0.15) is 0 Å². The van der Waals surface area contributed by atoms with Crippen molar-refractivity contribution in [2.45, 2.75) is 33.7 Å². The van der Waals surface area contributed by atoms with Crippen LogP contribution in [0, 0.1) is 12.8 Å². The first kappa shape index (κ1) is 13.6. The van der Waals surface area contributed by atoms with Gasteiger partial charge in [0.15, 0.2) is 0 Å². The summed E-state index contributed by atoms with van der Waals surface area (Å²) in [6.45, 7) is 9.11. The number of aromatic nitrogens is 1. The highest BCUT2D eigenvalue weighted by molar-refractivity contribution is 7.11. The Morgan fingerprint density at radius 1 is 1.44 bits per heavy atom. The number of nitrogens with zero attached hydrogens (tertiary/aromatic N) is 1. The second-order valence-electron chi connectivity index (χ2n) is 4.38. The first-order valence-corrected chi connectivity index (χ1v) is 6.60. The topological polar surface area (TPSA) is 34.1 Å². The predicted octanol–water partition coefficient (Wildman–Crippen LogP) is 2.39. The number of aryl methyl sites for hydroxylation is 1. The van der Waals surface area contributed by atoms with E-state index in [0.717, 1.165) is 26.1 Å². The summed E-state index contributed by atoms with van der Waals surface area (Å²) in [6, 6.07) is 0. The molecule has 0 unspecified atom stereocenters. The SMILES string of the molecule is COCCNCc1sc(CC(C)C)nc1C. The molecule has 0 aliphatic heterocycles. The van der Waals surface area contributed by atoms with Crippen LogP contribution in [-0.4, -0.2) is 25.2 Å². The molecule has 0 amide bonds. The van der Waals surface area contributed by atoms with E-state index in [4.69, 9.17) is 4.74 Å². The third-order valence-electron chi connectivity index (χ3n) is 2.29. The lowest BCUT2D eigenvalue weighted by molar-refractivity contribution is 0.199. The van der Waals surface area contributed by atoms with Crippen molar-refractivity contribution in [3.63, 3.8) is 0 Å². The Morgan fingerprint density at radius 2 is 2.19 bits per heavy atom. The van der Waals surface area contributed by atoms with Crippen LogP contribution in [0.15, 0.2) is 0 Å². The molecule has 0 aliphatic carbocycles. The Labute approximate surface area is 102 Å². The zero-order valence-corrected chi connectivity index (χ0v) is 11.5.